The third-order valence-electron chi connectivity index (χ3n) is 2.36. The van der Waals surface area contributed by atoms with Gasteiger partial charge in [-0.1, -0.05) is 13.0 Å². The number of pyridine rings is 1. The van der Waals surface area contributed by atoms with E-state index in [1.165, 1.54) is 5.56 Å². The number of rotatable bonds is 7. The van der Waals surface area contributed by atoms with Crippen LogP contribution in [-0.4, -0.2) is 41.7 Å². The molecular weight excluding hydrogens is 202 g/mol. The van der Waals surface area contributed by atoms with Crippen LogP contribution in [0.1, 0.15) is 18.9 Å². The number of nitrogens with one attached hydrogen (secondary N) is 1. The fourth-order valence-corrected chi connectivity index (χ4v) is 1.51. The van der Waals surface area contributed by atoms with Gasteiger partial charge in [0, 0.05) is 31.4 Å². The third kappa shape index (κ3) is 4.16. The van der Waals surface area contributed by atoms with E-state index < -0.39 is 0 Å². The van der Waals surface area contributed by atoms with Gasteiger partial charge in [-0.2, -0.15) is 0 Å². The van der Waals surface area contributed by atoms with Crippen LogP contribution in [0.4, 0.5) is 5.82 Å². The van der Waals surface area contributed by atoms with Crippen molar-refractivity contribution in [1.29, 1.82) is 0 Å². The molecule has 16 heavy (non-hydrogen) atoms. The van der Waals surface area contributed by atoms with Crippen molar-refractivity contribution in [1.82, 2.24) is 9.88 Å². The minimum atomic E-state index is 0.189. The standard InChI is InChI=1S/C12H21N3O/c1-3-6-13-12-11(5-4-7-14-12)10-15(2)8-9-16/h4-5,7,16H,3,6,8-10H2,1-2H3,(H,13,14). The third-order valence-corrected chi connectivity index (χ3v) is 2.36. The van der Waals surface area contributed by atoms with Crippen LogP contribution in [0.5, 0.6) is 0 Å². The van der Waals surface area contributed by atoms with Gasteiger partial charge in [-0.3, -0.25) is 4.90 Å². The van der Waals surface area contributed by atoms with Crippen LogP contribution >= 0.6 is 0 Å². The molecule has 0 aliphatic rings. The summed E-state index contributed by atoms with van der Waals surface area (Å²) in [5.74, 6) is 0.953. The lowest BCUT2D eigenvalue weighted by Gasteiger charge is -2.17. The van der Waals surface area contributed by atoms with E-state index in [2.05, 4.69) is 28.2 Å². The zero-order valence-corrected chi connectivity index (χ0v) is 10.1. The molecule has 0 bridgehead atoms. The van der Waals surface area contributed by atoms with Crippen LogP contribution in [-0.2, 0) is 6.54 Å². The SMILES string of the molecule is CCCNc1ncccc1CN(C)CCO. The predicted molar refractivity (Wildman–Crippen MR) is 66.4 cm³/mol. The maximum atomic E-state index is 8.85. The highest BCUT2D eigenvalue weighted by molar-refractivity contribution is 5.43. The Balaban J connectivity index is 2.62. The highest BCUT2D eigenvalue weighted by Gasteiger charge is 2.05. The van der Waals surface area contributed by atoms with Crippen molar-refractivity contribution in [3.05, 3.63) is 23.9 Å². The van der Waals surface area contributed by atoms with Crippen LogP contribution in [0.3, 0.4) is 0 Å². The van der Waals surface area contributed by atoms with Crippen molar-refractivity contribution in [2.24, 2.45) is 0 Å². The summed E-state index contributed by atoms with van der Waals surface area (Å²) in [5.41, 5.74) is 1.17. The molecule has 1 heterocycles. The molecule has 0 unspecified atom stereocenters. The van der Waals surface area contributed by atoms with E-state index in [0.717, 1.165) is 25.3 Å². The second-order valence-corrected chi connectivity index (χ2v) is 3.90. The molecule has 1 rings (SSSR count). The van der Waals surface area contributed by atoms with Gasteiger partial charge in [-0.15, -0.1) is 0 Å². The van der Waals surface area contributed by atoms with Crippen molar-refractivity contribution < 1.29 is 5.11 Å². The van der Waals surface area contributed by atoms with E-state index in [1.807, 2.05) is 13.1 Å². The lowest BCUT2D eigenvalue weighted by atomic mass is 10.2. The van der Waals surface area contributed by atoms with Gasteiger partial charge in [0.25, 0.3) is 0 Å². The Morgan fingerprint density at radius 3 is 3.00 bits per heavy atom. The molecule has 2 N–H and O–H groups in total. The van der Waals surface area contributed by atoms with Gasteiger partial charge in [0.05, 0.1) is 6.61 Å². The Kier molecular flexibility index (Phi) is 5.82. The fraction of sp³-hybridized carbons (Fsp3) is 0.583. The predicted octanol–water partition coefficient (Wildman–Crippen LogP) is 1.33. The number of nitrogens with zero attached hydrogens (tertiary/aromatic N) is 2. The highest BCUT2D eigenvalue weighted by Crippen LogP contribution is 2.13. The average Bonchev–Trinajstić information content (AvgIpc) is 2.28. The molecule has 1 aromatic heterocycles. The topological polar surface area (TPSA) is 48.4 Å². The smallest absolute Gasteiger partial charge is 0.130 e. The van der Waals surface area contributed by atoms with E-state index >= 15 is 0 Å². The van der Waals surface area contributed by atoms with Gasteiger partial charge < -0.3 is 10.4 Å². The fourth-order valence-electron chi connectivity index (χ4n) is 1.51. The lowest BCUT2D eigenvalue weighted by molar-refractivity contribution is 0.217. The molecule has 1 aromatic rings. The molecule has 4 nitrogen and oxygen atoms in total. The van der Waals surface area contributed by atoms with Gasteiger partial charge in [-0.05, 0) is 19.5 Å². The van der Waals surface area contributed by atoms with Crippen LogP contribution in [0.25, 0.3) is 0 Å². The number of aliphatic hydroxyl groups excluding tert-OH is 1. The number of aliphatic hydroxyl groups is 1. The van der Waals surface area contributed by atoms with Gasteiger partial charge in [0.15, 0.2) is 0 Å². The molecule has 0 atom stereocenters. The Bertz CT molecular complexity index is 304. The molecule has 0 fully saturated rings. The highest BCUT2D eigenvalue weighted by atomic mass is 16.3. The molecule has 0 aliphatic carbocycles. The minimum absolute atomic E-state index is 0.189. The quantitative estimate of drug-likeness (QED) is 0.732. The summed E-state index contributed by atoms with van der Waals surface area (Å²) in [6, 6.07) is 4.01. The van der Waals surface area contributed by atoms with Crippen molar-refractivity contribution in [3.63, 3.8) is 0 Å². The molecule has 0 amide bonds. The molecule has 0 aromatic carbocycles. The Morgan fingerprint density at radius 2 is 2.31 bits per heavy atom. The summed E-state index contributed by atoms with van der Waals surface area (Å²) in [6.07, 6.45) is 2.88. The Morgan fingerprint density at radius 1 is 1.50 bits per heavy atom. The molecule has 0 saturated heterocycles. The maximum Gasteiger partial charge on any atom is 0.130 e. The first-order valence-electron chi connectivity index (χ1n) is 5.75. The van der Waals surface area contributed by atoms with Crippen LogP contribution in [0, 0.1) is 0 Å². The molecular formula is C12H21N3O. The molecule has 90 valence electrons. The van der Waals surface area contributed by atoms with Crippen molar-refractivity contribution >= 4 is 5.82 Å². The van der Waals surface area contributed by atoms with Crippen LogP contribution in [0.15, 0.2) is 18.3 Å². The second-order valence-electron chi connectivity index (χ2n) is 3.90. The first-order chi connectivity index (χ1) is 7.77. The summed E-state index contributed by atoms with van der Waals surface area (Å²) in [5, 5.41) is 12.2. The van der Waals surface area contributed by atoms with E-state index in [0.29, 0.717) is 6.54 Å². The Hall–Kier alpha value is -1.13. The van der Waals surface area contributed by atoms with E-state index in [9.17, 15) is 0 Å². The first kappa shape index (κ1) is 12.9. The van der Waals surface area contributed by atoms with E-state index in [-0.39, 0.29) is 6.61 Å². The Labute approximate surface area is 97.3 Å². The van der Waals surface area contributed by atoms with Gasteiger partial charge >= 0.3 is 0 Å². The number of likely N-dealkylation sites (N-methyl/N-ethyl adjacent to an activating group) is 1. The molecule has 0 radical (unpaired) electrons. The summed E-state index contributed by atoms with van der Waals surface area (Å²) in [7, 11) is 1.99. The molecule has 0 aliphatic heterocycles. The number of aromatic nitrogens is 1. The second kappa shape index (κ2) is 7.19. The van der Waals surface area contributed by atoms with Crippen LogP contribution in [0.2, 0.25) is 0 Å². The van der Waals surface area contributed by atoms with Crippen molar-refractivity contribution in [3.8, 4) is 0 Å². The van der Waals surface area contributed by atoms with E-state index in [4.69, 9.17) is 5.11 Å². The van der Waals surface area contributed by atoms with Gasteiger partial charge in [-0.25, -0.2) is 4.98 Å². The summed E-state index contributed by atoms with van der Waals surface area (Å²) < 4.78 is 0. The lowest BCUT2D eigenvalue weighted by Crippen LogP contribution is -2.22. The van der Waals surface area contributed by atoms with Crippen LogP contribution < -0.4 is 5.32 Å². The molecule has 4 heteroatoms. The number of hydrogen-bond acceptors (Lipinski definition) is 4. The van der Waals surface area contributed by atoms with Crippen molar-refractivity contribution in [2.45, 2.75) is 19.9 Å². The van der Waals surface area contributed by atoms with Gasteiger partial charge in [0.2, 0.25) is 0 Å². The zero-order valence-electron chi connectivity index (χ0n) is 10.1. The van der Waals surface area contributed by atoms with Gasteiger partial charge in [0.1, 0.15) is 5.82 Å². The normalized spacial score (nSPS) is 10.8. The summed E-state index contributed by atoms with van der Waals surface area (Å²) >= 11 is 0. The zero-order chi connectivity index (χ0) is 11.8. The monoisotopic (exact) mass is 223 g/mol. The van der Waals surface area contributed by atoms with Crippen molar-refractivity contribution in [2.75, 3.05) is 32.1 Å². The average molecular weight is 223 g/mol. The molecule has 0 saturated carbocycles. The maximum absolute atomic E-state index is 8.85. The number of anilines is 1. The largest absolute Gasteiger partial charge is 0.395 e. The minimum Gasteiger partial charge on any atom is -0.395 e. The number of hydrogen-bond donors (Lipinski definition) is 2. The molecule has 0 spiro atoms. The first-order valence-corrected chi connectivity index (χ1v) is 5.75. The summed E-state index contributed by atoms with van der Waals surface area (Å²) in [6.45, 7) is 4.75. The summed E-state index contributed by atoms with van der Waals surface area (Å²) in [4.78, 5) is 6.41. The van der Waals surface area contributed by atoms with E-state index in [1.54, 1.807) is 6.20 Å².